The molecule has 10 heavy (non-hydrogen) atoms. The van der Waals surface area contributed by atoms with Gasteiger partial charge in [-0.2, -0.15) is 0 Å². The first-order chi connectivity index (χ1) is 4.61. The molecule has 1 heterocycles. The van der Waals surface area contributed by atoms with Gasteiger partial charge in [-0.25, -0.2) is 0 Å². The van der Waals surface area contributed by atoms with E-state index < -0.39 is 0 Å². The van der Waals surface area contributed by atoms with Gasteiger partial charge in [-0.05, 0) is 15.9 Å². The second kappa shape index (κ2) is 2.92. The van der Waals surface area contributed by atoms with E-state index in [1.165, 1.54) is 11.8 Å². The third kappa shape index (κ3) is 1.52. The topological polar surface area (TPSA) is 55.4 Å². The normalized spacial score (nSPS) is 32.0. The fourth-order valence-electron chi connectivity index (χ4n) is 0.758. The van der Waals surface area contributed by atoms with Crippen molar-refractivity contribution in [1.82, 2.24) is 0 Å². The van der Waals surface area contributed by atoms with Crippen LogP contribution in [0.5, 0.6) is 0 Å². The van der Waals surface area contributed by atoms with E-state index in [2.05, 4.69) is 20.9 Å². The molecule has 0 aromatic heterocycles. The van der Waals surface area contributed by atoms with E-state index in [1.807, 2.05) is 6.92 Å². The Hall–Kier alpha value is -0.0300. The highest BCUT2D eigenvalue weighted by Gasteiger charge is 2.29. The summed E-state index contributed by atoms with van der Waals surface area (Å²) in [5.41, 5.74) is 5.07. The van der Waals surface area contributed by atoms with Gasteiger partial charge < -0.3 is 5.73 Å². The molecule has 2 unspecified atom stereocenters. The molecule has 0 saturated carbocycles. The smallest absolute Gasteiger partial charge is 0.243 e. The first kappa shape index (κ1) is 8.07. The van der Waals surface area contributed by atoms with E-state index in [9.17, 15) is 4.79 Å². The molecule has 2 atom stereocenters. The van der Waals surface area contributed by atoms with Crippen molar-refractivity contribution < 1.29 is 4.79 Å². The second-order valence-electron chi connectivity index (χ2n) is 2.05. The monoisotopic (exact) mass is 222 g/mol. The van der Waals surface area contributed by atoms with Gasteiger partial charge in [-0.1, -0.05) is 18.7 Å². The van der Waals surface area contributed by atoms with Crippen LogP contribution in [0.15, 0.2) is 4.99 Å². The van der Waals surface area contributed by atoms with Crippen LogP contribution in [0.2, 0.25) is 0 Å². The van der Waals surface area contributed by atoms with Gasteiger partial charge in [-0.15, -0.1) is 0 Å². The summed E-state index contributed by atoms with van der Waals surface area (Å²) in [6, 6.07) is -0.348. The van der Waals surface area contributed by atoms with Crippen molar-refractivity contribution >= 4 is 37.6 Å². The molecule has 0 aromatic carbocycles. The summed E-state index contributed by atoms with van der Waals surface area (Å²) in [4.78, 5) is 14.6. The molecular formula is C5H7BrN2OS. The first-order valence-corrected chi connectivity index (χ1v) is 4.48. The van der Waals surface area contributed by atoms with E-state index in [-0.39, 0.29) is 17.2 Å². The number of rotatable bonds is 1. The fraction of sp³-hybridized carbons (Fsp3) is 0.600. The highest BCUT2D eigenvalue weighted by molar-refractivity contribution is 9.22. The van der Waals surface area contributed by atoms with Crippen LogP contribution in [0.3, 0.4) is 0 Å². The highest BCUT2D eigenvalue weighted by atomic mass is 79.9. The average Bonchev–Trinajstić information content (AvgIpc) is 2.10. The summed E-state index contributed by atoms with van der Waals surface area (Å²) in [7, 11) is 0. The zero-order valence-corrected chi connectivity index (χ0v) is 7.78. The van der Waals surface area contributed by atoms with Crippen molar-refractivity contribution in [3.63, 3.8) is 0 Å². The standard InChI is InChI=1S/C5H7BrN2OS/c1-2-3(4(7)9)8-5(6)10-2/h2-3H,1H3,(H2,7,9). The van der Waals surface area contributed by atoms with E-state index in [0.29, 0.717) is 0 Å². The Morgan fingerprint density at radius 2 is 2.50 bits per heavy atom. The van der Waals surface area contributed by atoms with E-state index >= 15 is 0 Å². The zero-order chi connectivity index (χ0) is 7.72. The largest absolute Gasteiger partial charge is 0.368 e. The number of aliphatic imine (C=N–C) groups is 1. The van der Waals surface area contributed by atoms with Crippen LogP contribution in [0, 0.1) is 0 Å². The van der Waals surface area contributed by atoms with Crippen molar-refractivity contribution in [2.75, 3.05) is 0 Å². The Bertz CT molecular complexity index is 194. The molecule has 2 N–H and O–H groups in total. The lowest BCUT2D eigenvalue weighted by Crippen LogP contribution is -2.31. The van der Waals surface area contributed by atoms with E-state index in [0.717, 1.165) is 3.95 Å². The predicted molar refractivity (Wildman–Crippen MR) is 46.4 cm³/mol. The summed E-state index contributed by atoms with van der Waals surface area (Å²) in [6.45, 7) is 1.93. The molecule has 0 fully saturated rings. The number of primary amides is 1. The number of hydrogen-bond donors (Lipinski definition) is 1. The molecule has 1 aliphatic heterocycles. The van der Waals surface area contributed by atoms with Gasteiger partial charge in [0.05, 0.1) is 0 Å². The van der Waals surface area contributed by atoms with Crippen LogP contribution in [0.25, 0.3) is 0 Å². The molecule has 0 radical (unpaired) electrons. The molecule has 1 rings (SSSR count). The van der Waals surface area contributed by atoms with Crippen LogP contribution in [-0.2, 0) is 4.79 Å². The molecule has 1 amide bonds. The van der Waals surface area contributed by atoms with Gasteiger partial charge in [0, 0.05) is 5.25 Å². The number of hydrogen-bond acceptors (Lipinski definition) is 3. The SMILES string of the molecule is CC1SC(Br)=NC1C(N)=O. The lowest BCUT2D eigenvalue weighted by atomic mass is 10.2. The van der Waals surface area contributed by atoms with Crippen molar-refractivity contribution in [2.45, 2.75) is 18.2 Å². The number of nitrogens with zero attached hydrogens (tertiary/aromatic N) is 1. The maximum absolute atomic E-state index is 10.6. The maximum Gasteiger partial charge on any atom is 0.243 e. The summed E-state index contributed by atoms with van der Waals surface area (Å²) in [5, 5.41) is 0.173. The van der Waals surface area contributed by atoms with Crippen LogP contribution >= 0.6 is 27.7 Å². The minimum atomic E-state index is -0.352. The Morgan fingerprint density at radius 1 is 1.90 bits per heavy atom. The first-order valence-electron chi connectivity index (χ1n) is 2.80. The minimum Gasteiger partial charge on any atom is -0.368 e. The van der Waals surface area contributed by atoms with Gasteiger partial charge in [0.1, 0.15) is 9.99 Å². The van der Waals surface area contributed by atoms with E-state index in [1.54, 1.807) is 0 Å². The molecular weight excluding hydrogens is 216 g/mol. The van der Waals surface area contributed by atoms with Crippen LogP contribution in [0.1, 0.15) is 6.92 Å². The summed E-state index contributed by atoms with van der Waals surface area (Å²) in [5.74, 6) is -0.352. The van der Waals surface area contributed by atoms with Gasteiger partial charge in [0.15, 0.2) is 0 Å². The number of amides is 1. The third-order valence-corrected chi connectivity index (χ3v) is 2.95. The second-order valence-corrected chi connectivity index (χ2v) is 4.69. The molecule has 5 heteroatoms. The number of carbonyl (C=O) groups excluding carboxylic acids is 1. The summed E-state index contributed by atoms with van der Waals surface area (Å²) < 4.78 is 0.767. The summed E-state index contributed by atoms with van der Waals surface area (Å²) >= 11 is 4.72. The van der Waals surface area contributed by atoms with Gasteiger partial charge in [-0.3, -0.25) is 9.79 Å². The van der Waals surface area contributed by atoms with Crippen molar-refractivity contribution in [2.24, 2.45) is 10.7 Å². The number of thioether (sulfide) groups is 1. The van der Waals surface area contributed by atoms with E-state index in [4.69, 9.17) is 5.73 Å². The maximum atomic E-state index is 10.6. The fourth-order valence-corrected chi connectivity index (χ4v) is 2.67. The molecule has 0 aromatic rings. The van der Waals surface area contributed by atoms with Gasteiger partial charge >= 0.3 is 0 Å². The zero-order valence-electron chi connectivity index (χ0n) is 5.37. The number of halogens is 1. The van der Waals surface area contributed by atoms with Gasteiger partial charge in [0.2, 0.25) is 5.91 Å². The molecule has 0 bridgehead atoms. The third-order valence-electron chi connectivity index (χ3n) is 1.26. The molecule has 0 aliphatic carbocycles. The van der Waals surface area contributed by atoms with Gasteiger partial charge in [0.25, 0.3) is 0 Å². The Morgan fingerprint density at radius 3 is 2.70 bits per heavy atom. The molecule has 56 valence electrons. The number of nitrogens with two attached hydrogens (primary N) is 1. The predicted octanol–water partition coefficient (Wildman–Crippen LogP) is 0.727. The lowest BCUT2D eigenvalue weighted by Gasteiger charge is -2.05. The molecule has 3 nitrogen and oxygen atoms in total. The van der Waals surface area contributed by atoms with Crippen molar-refractivity contribution in [1.29, 1.82) is 0 Å². The Kier molecular flexibility index (Phi) is 2.36. The average molecular weight is 223 g/mol. The quantitative estimate of drug-likeness (QED) is 0.712. The lowest BCUT2D eigenvalue weighted by molar-refractivity contribution is -0.119. The van der Waals surface area contributed by atoms with Crippen LogP contribution < -0.4 is 5.73 Å². The van der Waals surface area contributed by atoms with Crippen molar-refractivity contribution in [3.05, 3.63) is 0 Å². The number of carbonyl (C=O) groups is 1. The highest BCUT2D eigenvalue weighted by Crippen LogP contribution is 2.28. The molecule has 1 aliphatic rings. The molecule has 0 spiro atoms. The Balaban J connectivity index is 2.69. The Labute approximate surface area is 71.6 Å². The van der Waals surface area contributed by atoms with Crippen molar-refractivity contribution in [3.8, 4) is 0 Å². The van der Waals surface area contributed by atoms with Crippen LogP contribution in [0.4, 0.5) is 0 Å². The minimum absolute atomic E-state index is 0.173. The van der Waals surface area contributed by atoms with Crippen LogP contribution in [-0.4, -0.2) is 21.2 Å². The molecule has 0 saturated heterocycles. The summed E-state index contributed by atoms with van der Waals surface area (Å²) in [6.07, 6.45) is 0.